The van der Waals surface area contributed by atoms with Crippen molar-refractivity contribution >= 4 is 5.97 Å². The van der Waals surface area contributed by atoms with Gasteiger partial charge in [0.15, 0.2) is 0 Å². The van der Waals surface area contributed by atoms with E-state index in [0.717, 1.165) is 17.8 Å². The second-order valence-electron chi connectivity index (χ2n) is 5.86. The second kappa shape index (κ2) is 2.53. The summed E-state index contributed by atoms with van der Waals surface area (Å²) in [5.74, 6) is 2.34. The average molecular weight is 194 g/mol. The molecule has 2 bridgehead atoms. The highest BCUT2D eigenvalue weighted by Gasteiger charge is 2.64. The van der Waals surface area contributed by atoms with Crippen LogP contribution < -0.4 is 0 Å². The Bertz CT molecular complexity index is 278. The summed E-state index contributed by atoms with van der Waals surface area (Å²) < 4.78 is 0. The molecule has 3 unspecified atom stereocenters. The lowest BCUT2D eigenvalue weighted by atomic mass is 9.46. The summed E-state index contributed by atoms with van der Waals surface area (Å²) in [5, 5.41) is 8.88. The van der Waals surface area contributed by atoms with E-state index in [4.69, 9.17) is 5.11 Å². The molecule has 14 heavy (non-hydrogen) atoms. The van der Waals surface area contributed by atoms with Gasteiger partial charge in [-0.2, -0.15) is 0 Å². The molecular formula is C12H18O2. The molecule has 78 valence electrons. The number of hydrogen-bond acceptors (Lipinski definition) is 1. The first-order chi connectivity index (χ1) is 6.61. The maximum absolute atomic E-state index is 10.8. The van der Waals surface area contributed by atoms with Crippen LogP contribution in [0, 0.1) is 29.1 Å². The van der Waals surface area contributed by atoms with Gasteiger partial charge >= 0.3 is 5.97 Å². The first kappa shape index (κ1) is 8.75. The predicted octanol–water partition coefficient (Wildman–Crippen LogP) is 2.53. The van der Waals surface area contributed by atoms with Crippen LogP contribution in [0.3, 0.4) is 0 Å². The third kappa shape index (κ3) is 0.896. The van der Waals surface area contributed by atoms with E-state index in [1.165, 1.54) is 25.7 Å². The molecule has 0 heterocycles. The van der Waals surface area contributed by atoms with Gasteiger partial charge in [-0.05, 0) is 48.3 Å². The Morgan fingerprint density at radius 3 is 2.93 bits per heavy atom. The van der Waals surface area contributed by atoms with Gasteiger partial charge in [-0.15, -0.1) is 0 Å². The molecule has 3 aliphatic rings. The van der Waals surface area contributed by atoms with E-state index in [-0.39, 0.29) is 0 Å². The fourth-order valence-electron chi connectivity index (χ4n) is 4.89. The zero-order chi connectivity index (χ0) is 9.92. The molecule has 0 amide bonds. The summed E-state index contributed by atoms with van der Waals surface area (Å²) >= 11 is 0. The van der Waals surface area contributed by atoms with Crippen LogP contribution in [-0.4, -0.2) is 11.1 Å². The molecule has 0 spiro atoms. The zero-order valence-corrected chi connectivity index (χ0v) is 8.70. The van der Waals surface area contributed by atoms with Gasteiger partial charge in [0.1, 0.15) is 0 Å². The van der Waals surface area contributed by atoms with Crippen molar-refractivity contribution in [3.05, 3.63) is 0 Å². The van der Waals surface area contributed by atoms with Gasteiger partial charge in [0, 0.05) is 6.42 Å². The largest absolute Gasteiger partial charge is 0.481 e. The van der Waals surface area contributed by atoms with Crippen LogP contribution in [-0.2, 0) is 4.79 Å². The molecule has 3 rings (SSSR count). The Balaban J connectivity index is 1.82. The summed E-state index contributed by atoms with van der Waals surface area (Å²) in [5.41, 5.74) is 0.545. The molecule has 0 aromatic heterocycles. The van der Waals surface area contributed by atoms with E-state index in [1.807, 2.05) is 0 Å². The molecule has 5 atom stereocenters. The number of rotatable bonds is 2. The minimum Gasteiger partial charge on any atom is -0.481 e. The highest BCUT2D eigenvalue weighted by atomic mass is 16.4. The second-order valence-corrected chi connectivity index (χ2v) is 5.86. The van der Waals surface area contributed by atoms with E-state index in [0.29, 0.717) is 17.8 Å². The highest BCUT2D eigenvalue weighted by Crippen LogP contribution is 2.71. The van der Waals surface area contributed by atoms with Crippen LogP contribution in [0.5, 0.6) is 0 Å². The molecule has 0 aromatic rings. The molecule has 0 saturated heterocycles. The van der Waals surface area contributed by atoms with Crippen molar-refractivity contribution in [1.29, 1.82) is 0 Å². The summed E-state index contributed by atoms with van der Waals surface area (Å²) in [7, 11) is 0. The predicted molar refractivity (Wildman–Crippen MR) is 52.8 cm³/mol. The number of hydrogen-bond donors (Lipinski definition) is 1. The van der Waals surface area contributed by atoms with E-state index in [9.17, 15) is 4.79 Å². The van der Waals surface area contributed by atoms with E-state index in [1.54, 1.807) is 0 Å². The average Bonchev–Trinajstić information content (AvgIpc) is 2.26. The van der Waals surface area contributed by atoms with Gasteiger partial charge in [0.2, 0.25) is 0 Å². The summed E-state index contributed by atoms with van der Waals surface area (Å²) in [4.78, 5) is 10.8. The maximum Gasteiger partial charge on any atom is 0.303 e. The third-order valence-electron chi connectivity index (χ3n) is 5.34. The third-order valence-corrected chi connectivity index (χ3v) is 5.34. The smallest absolute Gasteiger partial charge is 0.303 e. The monoisotopic (exact) mass is 194 g/mol. The Morgan fingerprint density at radius 1 is 1.43 bits per heavy atom. The Morgan fingerprint density at radius 2 is 2.21 bits per heavy atom. The van der Waals surface area contributed by atoms with Gasteiger partial charge in [-0.25, -0.2) is 0 Å². The Hall–Kier alpha value is -0.530. The number of carbonyl (C=O) groups is 1. The topological polar surface area (TPSA) is 37.3 Å². The molecule has 0 aromatic carbocycles. The first-order valence-corrected chi connectivity index (χ1v) is 5.83. The minimum atomic E-state index is -0.590. The summed E-state index contributed by atoms with van der Waals surface area (Å²) in [6.45, 7) is 2.40. The van der Waals surface area contributed by atoms with Crippen LogP contribution >= 0.6 is 0 Å². The van der Waals surface area contributed by atoms with E-state index >= 15 is 0 Å². The Labute approximate surface area is 84.7 Å². The SMILES string of the molecule is CC12CC3CC[C@@H]1[C@H](CC(=O)O)C2C3. The van der Waals surface area contributed by atoms with E-state index in [2.05, 4.69) is 6.92 Å². The molecule has 0 aliphatic heterocycles. The van der Waals surface area contributed by atoms with Gasteiger partial charge in [0.05, 0.1) is 0 Å². The van der Waals surface area contributed by atoms with E-state index < -0.39 is 5.97 Å². The molecule has 2 heteroatoms. The van der Waals surface area contributed by atoms with Crippen molar-refractivity contribution in [1.82, 2.24) is 0 Å². The number of carboxylic acid groups (broad SMARTS) is 1. The molecular weight excluding hydrogens is 176 g/mol. The van der Waals surface area contributed by atoms with Gasteiger partial charge < -0.3 is 5.11 Å². The van der Waals surface area contributed by atoms with Crippen molar-refractivity contribution in [3.63, 3.8) is 0 Å². The van der Waals surface area contributed by atoms with Crippen LogP contribution in [0.2, 0.25) is 0 Å². The van der Waals surface area contributed by atoms with Gasteiger partial charge in [-0.1, -0.05) is 13.3 Å². The standard InChI is InChI=1S/C12H18O2/c1-12-6-7-2-3-9(12)8(5-11(13)14)10(12)4-7/h7-10H,2-6H2,1H3,(H,13,14)/t7?,8-,9+,10?,12?/m0/s1. The lowest BCUT2D eigenvalue weighted by molar-refractivity contribution is -0.150. The van der Waals surface area contributed by atoms with Crippen LogP contribution in [0.1, 0.15) is 39.0 Å². The van der Waals surface area contributed by atoms with Gasteiger partial charge in [0.25, 0.3) is 0 Å². The highest BCUT2D eigenvalue weighted by molar-refractivity contribution is 5.67. The molecule has 3 saturated carbocycles. The fraction of sp³-hybridized carbons (Fsp3) is 0.917. The normalized spacial score (nSPS) is 54.1. The van der Waals surface area contributed by atoms with Crippen LogP contribution in [0.25, 0.3) is 0 Å². The number of fused-ring (bicyclic) bond motifs is 1. The van der Waals surface area contributed by atoms with Crippen LogP contribution in [0.4, 0.5) is 0 Å². The molecule has 3 fully saturated rings. The summed E-state index contributed by atoms with van der Waals surface area (Å²) in [6, 6.07) is 0. The minimum absolute atomic E-state index is 0.428. The lowest BCUT2D eigenvalue weighted by Gasteiger charge is -2.58. The van der Waals surface area contributed by atoms with Crippen molar-refractivity contribution in [3.8, 4) is 0 Å². The quantitative estimate of drug-likeness (QED) is 0.733. The van der Waals surface area contributed by atoms with Crippen molar-refractivity contribution < 1.29 is 9.90 Å². The van der Waals surface area contributed by atoms with Crippen molar-refractivity contribution in [2.24, 2.45) is 29.1 Å². The van der Waals surface area contributed by atoms with Crippen molar-refractivity contribution in [2.45, 2.75) is 39.0 Å². The first-order valence-electron chi connectivity index (χ1n) is 5.83. The van der Waals surface area contributed by atoms with Crippen molar-refractivity contribution in [2.75, 3.05) is 0 Å². The molecule has 3 aliphatic carbocycles. The fourth-order valence-corrected chi connectivity index (χ4v) is 4.89. The van der Waals surface area contributed by atoms with Crippen LogP contribution in [0.15, 0.2) is 0 Å². The Kier molecular flexibility index (Phi) is 1.58. The zero-order valence-electron chi connectivity index (χ0n) is 8.70. The maximum atomic E-state index is 10.8. The van der Waals surface area contributed by atoms with Gasteiger partial charge in [-0.3, -0.25) is 4.79 Å². The molecule has 0 radical (unpaired) electrons. The summed E-state index contributed by atoms with van der Waals surface area (Å²) in [6.07, 6.45) is 5.81. The molecule has 2 nitrogen and oxygen atoms in total. The number of aliphatic carboxylic acids is 1. The molecule has 1 N–H and O–H groups in total. The lowest BCUT2D eigenvalue weighted by Crippen LogP contribution is -2.53. The number of carboxylic acids is 1.